The third-order valence-electron chi connectivity index (χ3n) is 6.00. The van der Waals surface area contributed by atoms with E-state index in [1.54, 1.807) is 18.2 Å². The number of hydrogen-bond acceptors (Lipinski definition) is 4. The van der Waals surface area contributed by atoms with Gasteiger partial charge in [0.25, 0.3) is 0 Å². The number of nitrogens with zero attached hydrogens (tertiary/aromatic N) is 2. The van der Waals surface area contributed by atoms with Crippen LogP contribution in [-0.4, -0.2) is 55.9 Å². The Morgan fingerprint density at radius 1 is 0.800 bits per heavy atom. The number of ether oxygens (including phenoxy) is 1. The third kappa shape index (κ3) is 4.50. The predicted octanol–water partition coefficient (Wildman–Crippen LogP) is 3.66. The molecule has 0 bridgehead atoms. The molecule has 0 radical (unpaired) electrons. The molecule has 0 aromatic heterocycles. The normalized spacial score (nSPS) is 20.3. The lowest BCUT2D eigenvalue weighted by Gasteiger charge is -2.41. The lowest BCUT2D eigenvalue weighted by molar-refractivity contribution is 0.0567. The Hall–Kier alpha value is -2.03. The average molecular weight is 437 g/mol. The highest BCUT2D eigenvalue weighted by Crippen LogP contribution is 2.28. The van der Waals surface area contributed by atoms with Crippen molar-refractivity contribution in [1.82, 2.24) is 9.21 Å². The molecule has 0 atom stereocenters. The van der Waals surface area contributed by atoms with E-state index in [2.05, 4.69) is 4.90 Å². The Labute approximate surface area is 176 Å². The van der Waals surface area contributed by atoms with Gasteiger partial charge in [-0.15, -0.1) is 0 Å². The molecule has 0 N–H and O–H groups in total. The monoisotopic (exact) mass is 436 g/mol. The fraction of sp³-hybridized carbons (Fsp3) is 0.455. The molecule has 2 fully saturated rings. The highest BCUT2D eigenvalue weighted by atomic mass is 32.2. The molecule has 0 unspecified atom stereocenters. The first kappa shape index (κ1) is 21.2. The van der Waals surface area contributed by atoms with Gasteiger partial charge in [-0.3, -0.25) is 0 Å². The minimum atomic E-state index is -3.81. The molecule has 0 saturated carbocycles. The third-order valence-corrected chi connectivity index (χ3v) is 7.93. The molecule has 2 saturated heterocycles. The van der Waals surface area contributed by atoms with Crippen LogP contribution >= 0.6 is 0 Å². The number of halogens is 2. The molecule has 4 rings (SSSR count). The molecule has 0 amide bonds. The number of hydrogen-bond donors (Lipinski definition) is 0. The summed E-state index contributed by atoms with van der Waals surface area (Å²) in [6.45, 7) is 2.44. The lowest BCUT2D eigenvalue weighted by Crippen LogP contribution is -2.50. The van der Waals surface area contributed by atoms with Crippen molar-refractivity contribution in [2.45, 2.75) is 42.7 Å². The molecule has 8 heteroatoms. The molecule has 30 heavy (non-hydrogen) atoms. The summed E-state index contributed by atoms with van der Waals surface area (Å²) in [5, 5.41) is 0. The van der Waals surface area contributed by atoms with E-state index < -0.39 is 15.8 Å². The van der Waals surface area contributed by atoms with Gasteiger partial charge in [0, 0.05) is 32.2 Å². The summed E-state index contributed by atoms with van der Waals surface area (Å²) in [5.74, 6) is -0.762. The Morgan fingerprint density at radius 2 is 1.40 bits per heavy atom. The van der Waals surface area contributed by atoms with E-state index in [0.29, 0.717) is 37.7 Å². The Bertz CT molecular complexity index is 970. The first-order valence-electron chi connectivity index (χ1n) is 10.3. The molecule has 2 aliphatic heterocycles. The molecule has 2 heterocycles. The summed E-state index contributed by atoms with van der Waals surface area (Å²) in [6.07, 6.45) is 3.03. The number of piperidine rings is 2. The maximum Gasteiger partial charge on any atom is 0.245 e. The van der Waals surface area contributed by atoms with E-state index in [-0.39, 0.29) is 16.8 Å². The van der Waals surface area contributed by atoms with Gasteiger partial charge in [-0.1, -0.05) is 24.3 Å². The van der Waals surface area contributed by atoms with Gasteiger partial charge in [0.15, 0.2) is 11.6 Å². The number of likely N-dealkylation sites (tertiary alicyclic amines) is 1. The molecule has 162 valence electrons. The van der Waals surface area contributed by atoms with Crippen LogP contribution in [0.4, 0.5) is 8.78 Å². The van der Waals surface area contributed by atoms with E-state index in [0.717, 1.165) is 25.9 Å². The second-order valence-electron chi connectivity index (χ2n) is 7.85. The molecular weight excluding hydrogens is 410 g/mol. The maximum atomic E-state index is 14.0. The minimum absolute atomic E-state index is 0.0142. The van der Waals surface area contributed by atoms with Crippen LogP contribution in [0.5, 0.6) is 5.75 Å². The molecular formula is C22H26F2N2O3S. The number of sulfonamides is 1. The molecule has 5 nitrogen and oxygen atoms in total. The lowest BCUT2D eigenvalue weighted by atomic mass is 10.00. The minimum Gasteiger partial charge on any atom is -0.487 e. The van der Waals surface area contributed by atoms with Crippen molar-refractivity contribution >= 4 is 10.0 Å². The standard InChI is InChI=1S/C22H26F2N2O3S/c23-19-5-1-3-7-21(19)29-18-11-13-25(14-12-18)17-9-15-26(16-10-17)30(27,28)22-8-4-2-6-20(22)24/h1-8,17-18H,9-16H2. The topological polar surface area (TPSA) is 49.9 Å². The summed E-state index contributed by atoms with van der Waals surface area (Å²) in [6, 6.07) is 12.3. The summed E-state index contributed by atoms with van der Waals surface area (Å²) < 4.78 is 60.5. The van der Waals surface area contributed by atoms with Gasteiger partial charge in [0.2, 0.25) is 10.0 Å². The van der Waals surface area contributed by atoms with E-state index >= 15 is 0 Å². The van der Waals surface area contributed by atoms with Crippen LogP contribution in [0.25, 0.3) is 0 Å². The zero-order chi connectivity index (χ0) is 21.1. The quantitative estimate of drug-likeness (QED) is 0.718. The number of benzene rings is 2. The van der Waals surface area contributed by atoms with E-state index in [1.807, 2.05) is 0 Å². The predicted molar refractivity (Wildman–Crippen MR) is 110 cm³/mol. The van der Waals surface area contributed by atoms with Gasteiger partial charge in [-0.05, 0) is 49.9 Å². The SMILES string of the molecule is O=S(=O)(c1ccccc1F)N1CCC(N2CCC(Oc3ccccc3F)CC2)CC1. The van der Waals surface area contributed by atoms with Crippen LogP contribution in [0.1, 0.15) is 25.7 Å². The van der Waals surface area contributed by atoms with Gasteiger partial charge < -0.3 is 9.64 Å². The molecule has 2 aromatic rings. The van der Waals surface area contributed by atoms with Crippen molar-refractivity contribution in [1.29, 1.82) is 0 Å². The zero-order valence-electron chi connectivity index (χ0n) is 16.7. The van der Waals surface area contributed by atoms with Crippen molar-refractivity contribution in [2.75, 3.05) is 26.2 Å². The van der Waals surface area contributed by atoms with Crippen LogP contribution in [0.2, 0.25) is 0 Å². The van der Waals surface area contributed by atoms with Crippen LogP contribution in [-0.2, 0) is 10.0 Å². The van der Waals surface area contributed by atoms with E-state index in [1.165, 1.54) is 34.6 Å². The fourth-order valence-corrected chi connectivity index (χ4v) is 5.85. The maximum absolute atomic E-state index is 14.0. The van der Waals surface area contributed by atoms with Crippen molar-refractivity contribution < 1.29 is 21.9 Å². The number of para-hydroxylation sites is 1. The van der Waals surface area contributed by atoms with Gasteiger partial charge in [-0.25, -0.2) is 17.2 Å². The first-order chi connectivity index (χ1) is 14.4. The van der Waals surface area contributed by atoms with Crippen molar-refractivity contribution in [3.8, 4) is 5.75 Å². The zero-order valence-corrected chi connectivity index (χ0v) is 17.5. The van der Waals surface area contributed by atoms with Gasteiger partial charge in [-0.2, -0.15) is 4.31 Å². The second-order valence-corrected chi connectivity index (χ2v) is 9.76. The Balaban J connectivity index is 1.29. The van der Waals surface area contributed by atoms with E-state index in [4.69, 9.17) is 4.74 Å². The Kier molecular flexibility index (Phi) is 6.36. The van der Waals surface area contributed by atoms with Crippen LogP contribution in [0.3, 0.4) is 0 Å². The van der Waals surface area contributed by atoms with Crippen LogP contribution in [0.15, 0.2) is 53.4 Å². The largest absolute Gasteiger partial charge is 0.487 e. The number of rotatable bonds is 5. The summed E-state index contributed by atoms with van der Waals surface area (Å²) in [4.78, 5) is 2.11. The van der Waals surface area contributed by atoms with Crippen LogP contribution in [0, 0.1) is 11.6 Å². The first-order valence-corrected chi connectivity index (χ1v) is 11.8. The smallest absolute Gasteiger partial charge is 0.245 e. The Morgan fingerprint density at radius 3 is 2.03 bits per heavy atom. The van der Waals surface area contributed by atoms with Crippen molar-refractivity contribution in [3.63, 3.8) is 0 Å². The molecule has 0 spiro atoms. The van der Waals surface area contributed by atoms with Gasteiger partial charge >= 0.3 is 0 Å². The summed E-state index contributed by atoms with van der Waals surface area (Å²) in [7, 11) is -3.81. The van der Waals surface area contributed by atoms with Crippen molar-refractivity contribution in [3.05, 3.63) is 60.2 Å². The van der Waals surface area contributed by atoms with Gasteiger partial charge in [0.1, 0.15) is 16.8 Å². The second kappa shape index (κ2) is 8.99. The highest BCUT2D eigenvalue weighted by molar-refractivity contribution is 7.89. The summed E-state index contributed by atoms with van der Waals surface area (Å²) >= 11 is 0. The van der Waals surface area contributed by atoms with E-state index in [9.17, 15) is 17.2 Å². The van der Waals surface area contributed by atoms with Gasteiger partial charge in [0.05, 0.1) is 0 Å². The van der Waals surface area contributed by atoms with Crippen molar-refractivity contribution in [2.24, 2.45) is 0 Å². The average Bonchev–Trinajstić information content (AvgIpc) is 2.76. The highest BCUT2D eigenvalue weighted by Gasteiger charge is 2.34. The summed E-state index contributed by atoms with van der Waals surface area (Å²) in [5.41, 5.74) is 0. The molecule has 2 aliphatic rings. The van der Waals surface area contributed by atoms with Crippen LogP contribution < -0.4 is 4.74 Å². The molecule has 0 aliphatic carbocycles. The fourth-order valence-electron chi connectivity index (χ4n) is 4.32. The molecule has 2 aromatic carbocycles.